The molecule has 1 N–H and O–H groups in total. The Morgan fingerprint density at radius 1 is 1.30 bits per heavy atom. The van der Waals surface area contributed by atoms with Gasteiger partial charge in [0.2, 0.25) is 0 Å². The molecule has 112 valence electrons. The number of nitrogens with one attached hydrogen (secondary N) is 1. The monoisotopic (exact) mass is 412 g/mol. The molecule has 0 spiro atoms. The van der Waals surface area contributed by atoms with Gasteiger partial charge in [-0.1, -0.05) is 0 Å². The summed E-state index contributed by atoms with van der Waals surface area (Å²) in [5, 5.41) is 3.27. The quantitative estimate of drug-likeness (QED) is 0.610. The van der Waals surface area contributed by atoms with Crippen molar-refractivity contribution in [3.05, 3.63) is 26.3 Å². The van der Waals surface area contributed by atoms with E-state index in [2.05, 4.69) is 32.8 Å². The summed E-state index contributed by atoms with van der Waals surface area (Å²) in [4.78, 5) is 2.09. The van der Waals surface area contributed by atoms with Gasteiger partial charge < -0.3 is 5.32 Å². The Balaban J connectivity index is 2.41. The predicted octanol–water partition coefficient (Wildman–Crippen LogP) is 1.97. The summed E-state index contributed by atoms with van der Waals surface area (Å²) in [6.07, 6.45) is 0. The van der Waals surface area contributed by atoms with Gasteiger partial charge in [0.05, 0.1) is 0 Å². The third-order valence-electron chi connectivity index (χ3n) is 3.67. The summed E-state index contributed by atoms with van der Waals surface area (Å²) in [6.45, 7) is 7.69. The van der Waals surface area contributed by atoms with Crippen LogP contribution in [-0.4, -0.2) is 39.5 Å². The summed E-state index contributed by atoms with van der Waals surface area (Å²) in [6, 6.07) is 1.96. The maximum absolute atomic E-state index is 13.5. The third kappa shape index (κ3) is 3.49. The van der Waals surface area contributed by atoms with Gasteiger partial charge >= 0.3 is 10.2 Å². The highest BCUT2D eigenvalue weighted by Crippen LogP contribution is 2.29. The van der Waals surface area contributed by atoms with E-state index < -0.39 is 10.2 Å². The van der Waals surface area contributed by atoms with Crippen LogP contribution in [0.1, 0.15) is 16.7 Å². The predicted molar refractivity (Wildman–Crippen MR) is 85.1 cm³/mol. The molecule has 0 unspecified atom stereocenters. The highest BCUT2D eigenvalue weighted by Gasteiger charge is 2.23. The highest BCUT2D eigenvalue weighted by molar-refractivity contribution is 14.1. The van der Waals surface area contributed by atoms with Crippen LogP contribution < -0.4 is 5.32 Å². The normalized spacial score (nSPS) is 17.4. The second-order valence-corrected chi connectivity index (χ2v) is 7.51. The molecule has 0 amide bonds. The number of benzene rings is 1. The number of piperazine rings is 1. The zero-order valence-electron chi connectivity index (χ0n) is 11.5. The summed E-state index contributed by atoms with van der Waals surface area (Å²) >= 11 is 2.06. The molecule has 1 aromatic carbocycles. The van der Waals surface area contributed by atoms with Crippen LogP contribution in [-0.2, 0) is 16.8 Å². The molecule has 0 aliphatic carbocycles. The highest BCUT2D eigenvalue weighted by atomic mass is 127. The molecule has 1 aromatic rings. The first-order valence-corrected chi connectivity index (χ1v) is 8.93. The molecular weight excluding hydrogens is 394 g/mol. The average molecular weight is 412 g/mol. The van der Waals surface area contributed by atoms with E-state index in [9.17, 15) is 12.3 Å². The summed E-state index contributed by atoms with van der Waals surface area (Å²) in [5.74, 6) is 0. The number of halogens is 2. The Kier molecular flexibility index (Phi) is 5.04. The molecular formula is C13H18FIN2O2S. The molecule has 1 saturated heterocycles. The van der Waals surface area contributed by atoms with Gasteiger partial charge in [0.25, 0.3) is 0 Å². The Bertz CT molecular complexity index is 613. The molecule has 0 aromatic heterocycles. The Hall–Kier alpha value is -0.250. The molecule has 0 atom stereocenters. The molecule has 0 bridgehead atoms. The van der Waals surface area contributed by atoms with Crippen molar-refractivity contribution in [2.45, 2.75) is 25.3 Å². The molecule has 1 aliphatic heterocycles. The zero-order chi connectivity index (χ0) is 14.9. The lowest BCUT2D eigenvalue weighted by atomic mass is 10.0. The fourth-order valence-electron chi connectivity index (χ4n) is 2.55. The van der Waals surface area contributed by atoms with E-state index in [1.54, 1.807) is 13.8 Å². The Morgan fingerprint density at radius 2 is 1.90 bits per heavy atom. The second-order valence-electron chi connectivity index (χ2n) is 5.06. The Labute approximate surface area is 133 Å². The van der Waals surface area contributed by atoms with Crippen molar-refractivity contribution in [3.8, 4) is 0 Å². The first kappa shape index (κ1) is 16.1. The van der Waals surface area contributed by atoms with E-state index in [0.717, 1.165) is 35.3 Å². The molecule has 20 heavy (non-hydrogen) atoms. The van der Waals surface area contributed by atoms with Crippen LogP contribution in [0.3, 0.4) is 0 Å². The number of hydrogen-bond acceptors (Lipinski definition) is 4. The van der Waals surface area contributed by atoms with Gasteiger partial charge in [-0.3, -0.25) is 4.90 Å². The van der Waals surface area contributed by atoms with Crippen LogP contribution in [0.25, 0.3) is 0 Å². The standard InChI is InChI=1S/C13H18FIN2O2S/c1-9-11(8-17-5-3-16-4-6-17)7-12(15)10(2)13(9)20(14,18)19/h7,16H,3-6,8H2,1-2H3. The lowest BCUT2D eigenvalue weighted by molar-refractivity contribution is 0.232. The zero-order valence-corrected chi connectivity index (χ0v) is 14.5. The number of hydrogen-bond donors (Lipinski definition) is 1. The molecule has 1 fully saturated rings. The molecule has 1 aliphatic rings. The van der Waals surface area contributed by atoms with Crippen LogP contribution >= 0.6 is 22.6 Å². The van der Waals surface area contributed by atoms with Crippen molar-refractivity contribution in [3.63, 3.8) is 0 Å². The first-order chi connectivity index (χ1) is 9.30. The maximum Gasteiger partial charge on any atom is 0.332 e. The van der Waals surface area contributed by atoms with E-state index in [4.69, 9.17) is 0 Å². The van der Waals surface area contributed by atoms with Crippen molar-refractivity contribution in [1.82, 2.24) is 10.2 Å². The maximum atomic E-state index is 13.5. The number of rotatable bonds is 3. The third-order valence-corrected chi connectivity index (χ3v) is 5.89. The van der Waals surface area contributed by atoms with Gasteiger partial charge in [0.15, 0.2) is 0 Å². The molecule has 0 radical (unpaired) electrons. The van der Waals surface area contributed by atoms with Gasteiger partial charge in [-0.25, -0.2) is 0 Å². The molecule has 4 nitrogen and oxygen atoms in total. The minimum Gasteiger partial charge on any atom is -0.314 e. The lowest BCUT2D eigenvalue weighted by Gasteiger charge is -2.28. The van der Waals surface area contributed by atoms with Crippen LogP contribution in [0.2, 0.25) is 0 Å². The van der Waals surface area contributed by atoms with E-state index in [0.29, 0.717) is 17.7 Å². The van der Waals surface area contributed by atoms with E-state index in [-0.39, 0.29) is 4.90 Å². The average Bonchev–Trinajstić information content (AvgIpc) is 2.36. The molecule has 7 heteroatoms. The first-order valence-electron chi connectivity index (χ1n) is 6.47. The molecule has 2 rings (SSSR count). The lowest BCUT2D eigenvalue weighted by Crippen LogP contribution is -2.43. The van der Waals surface area contributed by atoms with Crippen LogP contribution in [0.5, 0.6) is 0 Å². The van der Waals surface area contributed by atoms with Gasteiger partial charge in [-0.15, -0.1) is 3.89 Å². The van der Waals surface area contributed by atoms with E-state index in [1.165, 1.54) is 0 Å². The van der Waals surface area contributed by atoms with Crippen molar-refractivity contribution in [1.29, 1.82) is 0 Å². The summed E-state index contributed by atoms with van der Waals surface area (Å²) in [5.41, 5.74) is 1.91. The van der Waals surface area contributed by atoms with Crippen molar-refractivity contribution < 1.29 is 12.3 Å². The second kappa shape index (κ2) is 6.25. The van der Waals surface area contributed by atoms with Gasteiger partial charge in [0, 0.05) is 36.3 Å². The Morgan fingerprint density at radius 3 is 2.45 bits per heavy atom. The smallest absolute Gasteiger partial charge is 0.314 e. The topological polar surface area (TPSA) is 49.4 Å². The largest absolute Gasteiger partial charge is 0.332 e. The summed E-state index contributed by atoms with van der Waals surface area (Å²) in [7, 11) is -4.69. The minimum atomic E-state index is -4.69. The van der Waals surface area contributed by atoms with Crippen LogP contribution in [0, 0.1) is 17.4 Å². The fraction of sp³-hybridized carbons (Fsp3) is 0.538. The van der Waals surface area contributed by atoms with Crippen molar-refractivity contribution in [2.24, 2.45) is 0 Å². The van der Waals surface area contributed by atoms with Crippen LogP contribution in [0.4, 0.5) is 3.89 Å². The van der Waals surface area contributed by atoms with Crippen molar-refractivity contribution >= 4 is 32.8 Å². The number of nitrogens with zero attached hydrogens (tertiary/aromatic N) is 1. The SMILES string of the molecule is Cc1c(I)cc(CN2CCNCC2)c(C)c1S(=O)(=O)F. The summed E-state index contributed by atoms with van der Waals surface area (Å²) < 4.78 is 37.1. The van der Waals surface area contributed by atoms with Gasteiger partial charge in [-0.2, -0.15) is 8.42 Å². The van der Waals surface area contributed by atoms with Crippen molar-refractivity contribution in [2.75, 3.05) is 26.2 Å². The minimum absolute atomic E-state index is 0.158. The molecule has 1 heterocycles. The van der Waals surface area contributed by atoms with E-state index in [1.807, 2.05) is 6.07 Å². The van der Waals surface area contributed by atoms with E-state index >= 15 is 0 Å². The molecule has 0 saturated carbocycles. The van der Waals surface area contributed by atoms with Crippen LogP contribution in [0.15, 0.2) is 11.0 Å². The van der Waals surface area contributed by atoms with Gasteiger partial charge in [-0.05, 0) is 59.2 Å². The van der Waals surface area contributed by atoms with Gasteiger partial charge in [0.1, 0.15) is 4.90 Å². The fourth-order valence-corrected chi connectivity index (χ4v) is 4.35.